The Kier molecular flexibility index (Phi) is 7.91. The zero-order valence-electron chi connectivity index (χ0n) is 15.8. The average molecular weight is 393 g/mol. The molecule has 0 unspecified atom stereocenters. The van der Waals surface area contributed by atoms with E-state index >= 15 is 0 Å². The van der Waals surface area contributed by atoms with Crippen LogP contribution in [0.5, 0.6) is 0 Å². The molecule has 1 fully saturated rings. The van der Waals surface area contributed by atoms with Crippen molar-refractivity contribution in [3.63, 3.8) is 0 Å². The van der Waals surface area contributed by atoms with Crippen LogP contribution < -0.4 is 5.32 Å². The Labute approximate surface area is 162 Å². The monoisotopic (exact) mass is 393 g/mol. The number of likely N-dealkylation sites (N-methyl/N-ethyl adjacent to an activating group) is 1. The smallest absolute Gasteiger partial charge is 0.326 e. The average Bonchev–Trinajstić information content (AvgIpc) is 2.86. The maximum Gasteiger partial charge on any atom is 0.326 e. The summed E-state index contributed by atoms with van der Waals surface area (Å²) in [6.07, 6.45) is 3.01. The van der Waals surface area contributed by atoms with Crippen LogP contribution in [0, 0.1) is 5.82 Å². The quantitative estimate of drug-likeness (QED) is 0.702. The summed E-state index contributed by atoms with van der Waals surface area (Å²) in [5, 5.41) is 2.53. The molecule has 3 amide bonds. The molecule has 0 radical (unpaired) electrons. The van der Waals surface area contributed by atoms with Crippen LogP contribution in [-0.2, 0) is 23.9 Å². The van der Waals surface area contributed by atoms with E-state index in [0.29, 0.717) is 18.7 Å². The van der Waals surface area contributed by atoms with E-state index in [-0.39, 0.29) is 19.0 Å². The maximum atomic E-state index is 12.9. The highest BCUT2D eigenvalue weighted by atomic mass is 19.1. The number of nitrogens with zero attached hydrogens (tertiary/aromatic N) is 2. The van der Waals surface area contributed by atoms with Crippen molar-refractivity contribution in [2.75, 3.05) is 38.6 Å². The van der Waals surface area contributed by atoms with Crippen LogP contribution in [0.2, 0.25) is 0 Å². The Hall–Kier alpha value is -2.97. The summed E-state index contributed by atoms with van der Waals surface area (Å²) in [7, 11) is 1.40. The lowest BCUT2D eigenvalue weighted by molar-refractivity contribution is -0.154. The van der Waals surface area contributed by atoms with Gasteiger partial charge in [-0.2, -0.15) is 0 Å². The first-order valence-electron chi connectivity index (χ1n) is 9.08. The molecule has 9 heteroatoms. The van der Waals surface area contributed by atoms with E-state index in [4.69, 9.17) is 4.74 Å². The van der Waals surface area contributed by atoms with Gasteiger partial charge < -0.3 is 19.9 Å². The normalized spacial score (nSPS) is 14.2. The zero-order chi connectivity index (χ0) is 20.5. The van der Waals surface area contributed by atoms with Crippen LogP contribution in [0.4, 0.5) is 10.1 Å². The number of esters is 1. The van der Waals surface area contributed by atoms with Crippen LogP contribution in [-0.4, -0.2) is 66.8 Å². The standard InChI is InChI=1S/C19H24FN3O5/c1-22(11-16(24)21-15-8-6-14(20)7-9-15)18(26)13-28-19(27)12-23-10-4-2-3-5-17(23)25/h6-9H,2-5,10-13H2,1H3,(H,21,24). The molecule has 0 spiro atoms. The van der Waals surface area contributed by atoms with E-state index in [1.165, 1.54) is 36.2 Å². The number of amides is 3. The Morgan fingerprint density at radius 3 is 2.61 bits per heavy atom. The molecule has 1 aliphatic heterocycles. The zero-order valence-corrected chi connectivity index (χ0v) is 15.8. The van der Waals surface area contributed by atoms with E-state index in [0.717, 1.165) is 24.2 Å². The molecule has 8 nitrogen and oxygen atoms in total. The second kappa shape index (κ2) is 10.4. The van der Waals surface area contributed by atoms with Crippen molar-refractivity contribution in [3.8, 4) is 0 Å². The molecule has 28 heavy (non-hydrogen) atoms. The summed E-state index contributed by atoms with van der Waals surface area (Å²) in [5.74, 6) is -2.19. The van der Waals surface area contributed by atoms with Crippen molar-refractivity contribution < 1.29 is 28.3 Å². The predicted molar refractivity (Wildman–Crippen MR) is 98.7 cm³/mol. The third kappa shape index (κ3) is 6.98. The van der Waals surface area contributed by atoms with E-state index in [9.17, 15) is 23.6 Å². The first-order valence-corrected chi connectivity index (χ1v) is 9.08. The predicted octanol–water partition coefficient (Wildman–Crippen LogP) is 1.17. The van der Waals surface area contributed by atoms with E-state index < -0.39 is 30.2 Å². The van der Waals surface area contributed by atoms with Gasteiger partial charge in [0.05, 0.1) is 6.54 Å². The maximum absolute atomic E-state index is 12.9. The van der Waals surface area contributed by atoms with Crippen molar-refractivity contribution in [3.05, 3.63) is 30.1 Å². The molecule has 1 N–H and O–H groups in total. The SMILES string of the molecule is CN(CC(=O)Nc1ccc(F)cc1)C(=O)COC(=O)CN1CCCCCC1=O. The molecular weight excluding hydrogens is 369 g/mol. The Bertz CT molecular complexity index is 723. The van der Waals surface area contributed by atoms with E-state index in [1.807, 2.05) is 0 Å². The van der Waals surface area contributed by atoms with E-state index in [2.05, 4.69) is 5.32 Å². The van der Waals surface area contributed by atoms with Gasteiger partial charge in [-0.3, -0.25) is 19.2 Å². The first kappa shape index (κ1) is 21.3. The Morgan fingerprint density at radius 2 is 1.89 bits per heavy atom. The second-order valence-electron chi connectivity index (χ2n) is 6.59. The van der Waals surface area contributed by atoms with Gasteiger partial charge in [-0.15, -0.1) is 0 Å². The lowest BCUT2D eigenvalue weighted by Crippen LogP contribution is -2.39. The van der Waals surface area contributed by atoms with Gasteiger partial charge in [0.25, 0.3) is 5.91 Å². The summed E-state index contributed by atoms with van der Waals surface area (Å²) in [6, 6.07) is 5.22. The molecule has 1 heterocycles. The van der Waals surface area contributed by atoms with Gasteiger partial charge >= 0.3 is 5.97 Å². The first-order chi connectivity index (χ1) is 13.3. The van der Waals surface area contributed by atoms with Gasteiger partial charge in [-0.1, -0.05) is 6.42 Å². The number of benzene rings is 1. The molecule has 1 aromatic rings. The highest BCUT2D eigenvalue weighted by Gasteiger charge is 2.21. The molecule has 0 aromatic heterocycles. The Balaban J connectivity index is 1.72. The van der Waals surface area contributed by atoms with Crippen LogP contribution in [0.25, 0.3) is 0 Å². The molecule has 0 saturated carbocycles. The number of hydrogen-bond acceptors (Lipinski definition) is 5. The molecule has 1 saturated heterocycles. The summed E-state index contributed by atoms with van der Waals surface area (Å²) in [5.41, 5.74) is 0.404. The number of hydrogen-bond donors (Lipinski definition) is 1. The molecular formula is C19H24FN3O5. The molecule has 0 atom stereocenters. The van der Waals surface area contributed by atoms with Crippen molar-refractivity contribution >= 4 is 29.4 Å². The molecule has 0 aliphatic carbocycles. The summed E-state index contributed by atoms with van der Waals surface area (Å²) in [4.78, 5) is 50.3. The van der Waals surface area contributed by atoms with E-state index in [1.54, 1.807) is 0 Å². The highest BCUT2D eigenvalue weighted by molar-refractivity contribution is 5.94. The molecule has 0 bridgehead atoms. The third-order valence-electron chi connectivity index (χ3n) is 4.28. The lowest BCUT2D eigenvalue weighted by atomic mass is 10.2. The van der Waals surface area contributed by atoms with Crippen LogP contribution in [0.1, 0.15) is 25.7 Å². The molecule has 152 valence electrons. The number of halogens is 1. The number of nitrogens with one attached hydrogen (secondary N) is 1. The number of anilines is 1. The summed E-state index contributed by atoms with van der Waals surface area (Å²) >= 11 is 0. The fraction of sp³-hybridized carbons (Fsp3) is 0.474. The van der Waals surface area contributed by atoms with Crippen molar-refractivity contribution in [2.45, 2.75) is 25.7 Å². The number of rotatable bonds is 7. The summed E-state index contributed by atoms with van der Waals surface area (Å²) in [6.45, 7) is -0.439. The van der Waals surface area contributed by atoms with Gasteiger partial charge in [-0.05, 0) is 37.1 Å². The third-order valence-corrected chi connectivity index (χ3v) is 4.28. The topological polar surface area (TPSA) is 96.0 Å². The molecule has 2 rings (SSSR count). The van der Waals surface area contributed by atoms with Gasteiger partial charge in [0, 0.05) is 25.7 Å². The van der Waals surface area contributed by atoms with Crippen LogP contribution >= 0.6 is 0 Å². The molecule has 1 aromatic carbocycles. The fourth-order valence-electron chi connectivity index (χ4n) is 2.70. The minimum Gasteiger partial charge on any atom is -0.454 e. The van der Waals surface area contributed by atoms with Crippen molar-refractivity contribution in [1.29, 1.82) is 0 Å². The van der Waals surface area contributed by atoms with Gasteiger partial charge in [0.1, 0.15) is 12.4 Å². The van der Waals surface area contributed by atoms with Crippen molar-refractivity contribution in [1.82, 2.24) is 9.80 Å². The van der Waals surface area contributed by atoms with Gasteiger partial charge in [0.15, 0.2) is 6.61 Å². The highest BCUT2D eigenvalue weighted by Crippen LogP contribution is 2.11. The Morgan fingerprint density at radius 1 is 1.18 bits per heavy atom. The number of ether oxygens (including phenoxy) is 1. The largest absolute Gasteiger partial charge is 0.454 e. The van der Waals surface area contributed by atoms with Crippen molar-refractivity contribution in [2.24, 2.45) is 0 Å². The van der Waals surface area contributed by atoms with Gasteiger partial charge in [-0.25, -0.2) is 4.39 Å². The fourth-order valence-corrected chi connectivity index (χ4v) is 2.70. The minimum absolute atomic E-state index is 0.0876. The number of carbonyl (C=O) groups is 4. The van der Waals surface area contributed by atoms with Crippen LogP contribution in [0.15, 0.2) is 24.3 Å². The second-order valence-corrected chi connectivity index (χ2v) is 6.59. The number of likely N-dealkylation sites (tertiary alicyclic amines) is 1. The number of carbonyl (C=O) groups excluding carboxylic acids is 4. The molecule has 1 aliphatic rings. The van der Waals surface area contributed by atoms with Gasteiger partial charge in [0.2, 0.25) is 11.8 Å². The summed E-state index contributed by atoms with van der Waals surface area (Å²) < 4.78 is 17.8. The minimum atomic E-state index is -0.659. The lowest BCUT2D eigenvalue weighted by Gasteiger charge is -2.20. The van der Waals surface area contributed by atoms with Crippen LogP contribution in [0.3, 0.4) is 0 Å².